The summed E-state index contributed by atoms with van der Waals surface area (Å²) in [7, 11) is 4.08. The summed E-state index contributed by atoms with van der Waals surface area (Å²) < 4.78 is 2.10. The van der Waals surface area contributed by atoms with Gasteiger partial charge in [-0.3, -0.25) is 0 Å². The number of carbonyl (C=O) groups is 1. The van der Waals surface area contributed by atoms with Crippen LogP contribution in [0.4, 0.5) is 0 Å². The van der Waals surface area contributed by atoms with Crippen molar-refractivity contribution in [1.29, 1.82) is 0 Å². The molecule has 0 fully saturated rings. The molecule has 0 amide bonds. The average molecular weight is 273 g/mol. The van der Waals surface area contributed by atoms with Crippen molar-refractivity contribution in [2.24, 2.45) is 0 Å². The maximum atomic E-state index is 10.8. The van der Waals surface area contributed by atoms with E-state index in [0.29, 0.717) is 12.1 Å². The van der Waals surface area contributed by atoms with Gasteiger partial charge < -0.3 is 14.6 Å². The lowest BCUT2D eigenvalue weighted by molar-refractivity contribution is 0.0697. The zero-order chi connectivity index (χ0) is 14.5. The lowest BCUT2D eigenvalue weighted by Crippen LogP contribution is -2.17. The van der Waals surface area contributed by atoms with Gasteiger partial charge in [0.25, 0.3) is 0 Å². The number of aromatic carboxylic acids is 1. The van der Waals surface area contributed by atoms with Crippen LogP contribution in [0.5, 0.6) is 0 Å². The zero-order valence-electron chi connectivity index (χ0n) is 11.8. The number of carboxylic acid groups (broad SMARTS) is 1. The summed E-state index contributed by atoms with van der Waals surface area (Å²) in [6, 6.07) is 6.96. The molecule has 5 heteroatoms. The van der Waals surface area contributed by atoms with E-state index >= 15 is 0 Å². The van der Waals surface area contributed by atoms with E-state index in [1.165, 1.54) is 0 Å². The highest BCUT2D eigenvalue weighted by Gasteiger charge is 2.06. The Morgan fingerprint density at radius 1 is 1.30 bits per heavy atom. The van der Waals surface area contributed by atoms with E-state index in [9.17, 15) is 4.79 Å². The molecule has 20 heavy (non-hydrogen) atoms. The molecular weight excluding hydrogens is 254 g/mol. The molecule has 0 atom stereocenters. The first-order valence-corrected chi connectivity index (χ1v) is 6.53. The maximum Gasteiger partial charge on any atom is 0.335 e. The van der Waals surface area contributed by atoms with Crippen LogP contribution in [0.15, 0.2) is 36.7 Å². The Morgan fingerprint density at radius 3 is 2.60 bits per heavy atom. The first-order valence-electron chi connectivity index (χ1n) is 6.53. The van der Waals surface area contributed by atoms with Crippen molar-refractivity contribution in [2.45, 2.75) is 13.0 Å². The lowest BCUT2D eigenvalue weighted by atomic mass is 10.1. The molecule has 0 radical (unpaired) electrons. The summed E-state index contributed by atoms with van der Waals surface area (Å²) in [5.74, 6) is 0.145. The van der Waals surface area contributed by atoms with Gasteiger partial charge in [0, 0.05) is 31.9 Å². The van der Waals surface area contributed by atoms with Crippen molar-refractivity contribution in [3.8, 4) is 0 Å². The Kier molecular flexibility index (Phi) is 4.53. The first-order chi connectivity index (χ1) is 9.56. The highest BCUT2D eigenvalue weighted by molar-refractivity contribution is 5.87. The second kappa shape index (κ2) is 6.34. The Balaban J connectivity index is 2.06. The number of benzene rings is 1. The van der Waals surface area contributed by atoms with Crippen molar-refractivity contribution >= 4 is 5.97 Å². The second-order valence-corrected chi connectivity index (χ2v) is 5.03. The van der Waals surface area contributed by atoms with Gasteiger partial charge in [0.1, 0.15) is 5.82 Å². The van der Waals surface area contributed by atoms with Crippen LogP contribution in [0.1, 0.15) is 21.7 Å². The van der Waals surface area contributed by atoms with Gasteiger partial charge in [0.15, 0.2) is 0 Å². The van der Waals surface area contributed by atoms with Gasteiger partial charge in [-0.2, -0.15) is 0 Å². The number of hydrogen-bond acceptors (Lipinski definition) is 3. The van der Waals surface area contributed by atoms with E-state index < -0.39 is 5.97 Å². The number of nitrogens with zero attached hydrogens (tertiary/aromatic N) is 3. The monoisotopic (exact) mass is 273 g/mol. The number of imidazole rings is 1. The summed E-state index contributed by atoms with van der Waals surface area (Å²) in [5.41, 5.74) is 1.38. The summed E-state index contributed by atoms with van der Waals surface area (Å²) >= 11 is 0. The Bertz CT molecular complexity index is 573. The molecule has 2 aromatic rings. The van der Waals surface area contributed by atoms with Crippen LogP contribution in [0.3, 0.4) is 0 Å². The third kappa shape index (κ3) is 3.68. The molecule has 0 aliphatic heterocycles. The molecule has 2 rings (SSSR count). The van der Waals surface area contributed by atoms with Crippen LogP contribution in [-0.2, 0) is 13.0 Å². The topological polar surface area (TPSA) is 58.4 Å². The largest absolute Gasteiger partial charge is 0.478 e. The van der Waals surface area contributed by atoms with Gasteiger partial charge in [-0.15, -0.1) is 0 Å². The average Bonchev–Trinajstić information content (AvgIpc) is 2.84. The van der Waals surface area contributed by atoms with Crippen LogP contribution >= 0.6 is 0 Å². The molecule has 0 saturated carbocycles. The predicted octanol–water partition coefficient (Wildman–Crippen LogP) is 1.73. The minimum absolute atomic E-state index is 0.312. The number of rotatable bonds is 6. The van der Waals surface area contributed by atoms with Crippen molar-refractivity contribution in [1.82, 2.24) is 14.5 Å². The Labute approximate surface area is 118 Å². The first kappa shape index (κ1) is 14.3. The molecule has 5 nitrogen and oxygen atoms in total. The Hall–Kier alpha value is -2.14. The molecule has 0 saturated heterocycles. The fourth-order valence-corrected chi connectivity index (χ4v) is 1.99. The molecule has 106 valence electrons. The van der Waals surface area contributed by atoms with E-state index in [2.05, 4.69) is 14.5 Å². The highest BCUT2D eigenvalue weighted by atomic mass is 16.4. The van der Waals surface area contributed by atoms with Gasteiger partial charge in [0.2, 0.25) is 0 Å². The molecule has 0 bridgehead atoms. The zero-order valence-corrected chi connectivity index (χ0v) is 11.8. The molecule has 0 aliphatic rings. The van der Waals surface area contributed by atoms with Crippen LogP contribution in [0.2, 0.25) is 0 Å². The van der Waals surface area contributed by atoms with Crippen LogP contribution in [-0.4, -0.2) is 46.2 Å². The van der Waals surface area contributed by atoms with Crippen molar-refractivity contribution < 1.29 is 9.90 Å². The van der Waals surface area contributed by atoms with Gasteiger partial charge in [-0.25, -0.2) is 9.78 Å². The minimum Gasteiger partial charge on any atom is -0.478 e. The molecule has 1 aromatic heterocycles. The standard InChI is InChI=1S/C15H19N3O2/c1-17(2)9-7-14-16-8-10-18(14)11-12-3-5-13(6-4-12)15(19)20/h3-6,8,10H,7,9,11H2,1-2H3,(H,19,20). The molecule has 0 unspecified atom stereocenters. The van der Waals surface area contributed by atoms with Gasteiger partial charge in [0.05, 0.1) is 5.56 Å². The Morgan fingerprint density at radius 2 is 2.00 bits per heavy atom. The molecule has 0 aliphatic carbocycles. The summed E-state index contributed by atoms with van der Waals surface area (Å²) in [6.07, 6.45) is 4.65. The normalized spacial score (nSPS) is 10.9. The second-order valence-electron chi connectivity index (χ2n) is 5.03. The fraction of sp³-hybridized carbons (Fsp3) is 0.333. The van der Waals surface area contributed by atoms with Gasteiger partial charge in [-0.05, 0) is 31.8 Å². The van der Waals surface area contributed by atoms with Crippen molar-refractivity contribution in [3.63, 3.8) is 0 Å². The molecular formula is C15H19N3O2. The van der Waals surface area contributed by atoms with E-state index in [1.807, 2.05) is 32.4 Å². The van der Waals surface area contributed by atoms with Crippen LogP contribution < -0.4 is 0 Å². The molecule has 1 heterocycles. The third-order valence-electron chi connectivity index (χ3n) is 3.14. The molecule has 1 N–H and O–H groups in total. The van der Waals surface area contributed by atoms with E-state index in [1.54, 1.807) is 18.3 Å². The van der Waals surface area contributed by atoms with Crippen molar-refractivity contribution in [2.75, 3.05) is 20.6 Å². The quantitative estimate of drug-likeness (QED) is 0.871. The summed E-state index contributed by atoms with van der Waals surface area (Å²) in [6.45, 7) is 1.66. The number of carboxylic acids is 1. The third-order valence-corrected chi connectivity index (χ3v) is 3.14. The van der Waals surface area contributed by atoms with E-state index in [4.69, 9.17) is 5.11 Å². The highest BCUT2D eigenvalue weighted by Crippen LogP contribution is 2.09. The fourth-order valence-electron chi connectivity index (χ4n) is 1.99. The number of likely N-dealkylation sites (N-methyl/N-ethyl adjacent to an activating group) is 1. The van der Waals surface area contributed by atoms with E-state index in [-0.39, 0.29) is 0 Å². The van der Waals surface area contributed by atoms with Crippen molar-refractivity contribution in [3.05, 3.63) is 53.6 Å². The van der Waals surface area contributed by atoms with Gasteiger partial charge in [-0.1, -0.05) is 12.1 Å². The predicted molar refractivity (Wildman–Crippen MR) is 77.0 cm³/mol. The number of aromatic nitrogens is 2. The van der Waals surface area contributed by atoms with E-state index in [0.717, 1.165) is 24.4 Å². The molecule has 0 spiro atoms. The SMILES string of the molecule is CN(C)CCc1nccn1Cc1ccc(C(=O)O)cc1. The smallest absolute Gasteiger partial charge is 0.335 e. The van der Waals surface area contributed by atoms with Crippen LogP contribution in [0.25, 0.3) is 0 Å². The van der Waals surface area contributed by atoms with Crippen LogP contribution in [0, 0.1) is 0 Å². The lowest BCUT2D eigenvalue weighted by Gasteiger charge is -2.11. The molecule has 1 aromatic carbocycles. The maximum absolute atomic E-state index is 10.8. The summed E-state index contributed by atoms with van der Waals surface area (Å²) in [5, 5.41) is 8.88. The summed E-state index contributed by atoms with van der Waals surface area (Å²) in [4.78, 5) is 17.3. The van der Waals surface area contributed by atoms with Gasteiger partial charge >= 0.3 is 5.97 Å². The minimum atomic E-state index is -0.897. The number of hydrogen-bond donors (Lipinski definition) is 1.